The normalized spacial score (nSPS) is 10.8. The van der Waals surface area contributed by atoms with Crippen LogP contribution in [0.2, 0.25) is 0 Å². The second-order valence-electron chi connectivity index (χ2n) is 25.5. The fourth-order valence-electron chi connectivity index (χ4n) is 11.2. The first kappa shape index (κ1) is 83.6. The minimum atomic E-state index is -4.33. The summed E-state index contributed by atoms with van der Waals surface area (Å²) in [6.45, 7) is 3.61. The minimum Gasteiger partial charge on any atom is -0.476 e. The van der Waals surface area contributed by atoms with E-state index in [1.807, 2.05) is 249 Å². The molecule has 580 valence electrons. The van der Waals surface area contributed by atoms with E-state index in [1.165, 1.54) is 39.5 Å². The number of halogens is 5. The van der Waals surface area contributed by atoms with Crippen LogP contribution in [0.25, 0.3) is 89.4 Å². The van der Waals surface area contributed by atoms with Gasteiger partial charge in [0.1, 0.15) is 12.4 Å². The fraction of sp³-hybridized carbons (Fsp3) is 0.0396. The number of hydrogen-bond donors (Lipinski definition) is 0. The predicted octanol–water partition coefficient (Wildman–Crippen LogP) is 25.2. The van der Waals surface area contributed by atoms with Gasteiger partial charge in [-0.1, -0.05) is 303 Å². The van der Waals surface area contributed by atoms with Gasteiger partial charge >= 0.3 is 6.18 Å². The molecule has 11 aromatic carbocycles. The number of para-hydroxylation sites is 1. The van der Waals surface area contributed by atoms with Crippen molar-refractivity contribution in [2.45, 2.75) is 13.1 Å². The summed E-state index contributed by atoms with van der Waals surface area (Å²) in [5.74, 6) is 0.143. The van der Waals surface area contributed by atoms with Crippen LogP contribution in [0.5, 0.6) is 0 Å². The van der Waals surface area contributed by atoms with E-state index in [1.54, 1.807) is 85.6 Å². The molecule has 1 aliphatic heterocycles. The molecule has 118 heavy (non-hydrogen) atoms. The number of aromatic nitrogens is 9. The molecule has 19 rings (SSSR count). The third kappa shape index (κ3) is 27.8. The van der Waals surface area contributed by atoms with Crippen molar-refractivity contribution >= 4 is 39.5 Å². The molecular weight excluding hydrogens is 1480 g/mol. The van der Waals surface area contributed by atoms with E-state index in [0.717, 1.165) is 99.2 Å². The fourth-order valence-corrected chi connectivity index (χ4v) is 11.2. The van der Waals surface area contributed by atoms with Crippen LogP contribution >= 0.6 is 0 Å². The number of alkyl halides is 3. The Morgan fingerprint density at radius 2 is 0.805 bits per heavy atom. The van der Waals surface area contributed by atoms with Crippen molar-refractivity contribution in [2.24, 2.45) is 9.98 Å². The average Bonchev–Trinajstić information content (AvgIpc) is 0.905. The Bertz CT molecular complexity index is 5530. The molecule has 17 heteroatoms. The van der Waals surface area contributed by atoms with Crippen molar-refractivity contribution in [3.05, 3.63) is 472 Å². The highest BCUT2D eigenvalue weighted by Crippen LogP contribution is 2.32. The van der Waals surface area contributed by atoms with E-state index in [0.29, 0.717) is 22.5 Å². The maximum Gasteiger partial charge on any atom is 0.416 e. The zero-order valence-corrected chi connectivity index (χ0v) is 64.3. The monoisotopic (exact) mass is 1560 g/mol. The zero-order chi connectivity index (χ0) is 81.9. The first-order valence-electron chi connectivity index (χ1n) is 37.6. The molecule has 1 aliphatic rings. The lowest BCUT2D eigenvalue weighted by molar-refractivity contribution is -0.137. The smallest absolute Gasteiger partial charge is 0.416 e. The van der Waals surface area contributed by atoms with Gasteiger partial charge in [0.25, 0.3) is 0 Å². The van der Waals surface area contributed by atoms with Crippen LogP contribution in [-0.2, 0) is 10.9 Å². The second kappa shape index (κ2) is 46.0. The van der Waals surface area contributed by atoms with Gasteiger partial charge in [0.2, 0.25) is 11.8 Å². The van der Waals surface area contributed by atoms with E-state index in [-0.39, 0.29) is 0 Å². The van der Waals surface area contributed by atoms with Crippen LogP contribution in [0.15, 0.2) is 448 Å². The van der Waals surface area contributed by atoms with Crippen molar-refractivity contribution in [2.75, 3.05) is 13.2 Å². The van der Waals surface area contributed by atoms with E-state index in [2.05, 4.69) is 141 Å². The molecular formula is C101H80F5N11O. The maximum atomic E-state index is 12.8. The zero-order valence-electron chi connectivity index (χ0n) is 64.3. The Labute approximate surface area is 683 Å². The Balaban J connectivity index is 0.000000130. The molecule has 12 nitrogen and oxygen atoms in total. The first-order valence-corrected chi connectivity index (χ1v) is 37.6. The van der Waals surface area contributed by atoms with Gasteiger partial charge in [0.15, 0.2) is 5.82 Å². The highest BCUT2D eigenvalue weighted by atomic mass is 19.4. The molecule has 0 bridgehead atoms. The van der Waals surface area contributed by atoms with E-state index in [4.69, 9.17) is 4.74 Å². The third-order valence-corrected chi connectivity index (χ3v) is 17.0. The Hall–Kier alpha value is -15.4. The molecule has 0 unspecified atom stereocenters. The topological polar surface area (TPSA) is 150 Å². The number of aryl methyl sites for hydroxylation is 1. The average molecular weight is 1560 g/mol. The number of ether oxygens (including phenoxy) is 1. The number of pyridine rings is 5. The number of nitrogens with zero attached hydrogens (tertiary/aromatic N) is 11. The third-order valence-electron chi connectivity index (χ3n) is 17.0. The highest BCUT2D eigenvalue weighted by molar-refractivity contribution is 6.05. The largest absolute Gasteiger partial charge is 0.476 e. The number of hydrogen-bond acceptors (Lipinski definition) is 12. The molecule has 0 spiro atoms. The van der Waals surface area contributed by atoms with Gasteiger partial charge in [0, 0.05) is 118 Å². The van der Waals surface area contributed by atoms with Crippen LogP contribution in [0.4, 0.5) is 27.6 Å². The SMILES string of the molecule is C(=Nc1ccccc1)c1ccccc1.Cc1ccc(-c2ccccn2)cc1.FC(F)(F)c1ccnc(-c2ccccc2)c1.Fc1cc(F)nc(-c2ccccc2)c1.c1ccc(-c2ccccn2)cc1.c1ccc(-c2cnccn2)cc1.c1ccc(-c2ncccn2)cc1.c1ccc(C2=NCCO2)cc1.c1ccc2c(c1)ccc1cccnc12. The molecule has 0 fully saturated rings. The molecule has 0 aliphatic carbocycles. The van der Waals surface area contributed by atoms with Gasteiger partial charge in [-0.3, -0.25) is 34.9 Å². The summed E-state index contributed by atoms with van der Waals surface area (Å²) >= 11 is 0. The van der Waals surface area contributed by atoms with E-state index >= 15 is 0 Å². The van der Waals surface area contributed by atoms with Crippen molar-refractivity contribution in [1.29, 1.82) is 0 Å². The minimum absolute atomic E-state index is 0.308. The molecule has 7 aromatic heterocycles. The lowest BCUT2D eigenvalue weighted by Gasteiger charge is -2.07. The lowest BCUT2D eigenvalue weighted by Crippen LogP contribution is -2.05. The van der Waals surface area contributed by atoms with Crippen molar-refractivity contribution in [3.8, 4) is 67.7 Å². The molecule has 8 heterocycles. The molecule has 0 N–H and O–H groups in total. The van der Waals surface area contributed by atoms with Crippen LogP contribution in [-0.4, -0.2) is 70.1 Å². The Morgan fingerprint density at radius 3 is 1.34 bits per heavy atom. The maximum absolute atomic E-state index is 12.8. The van der Waals surface area contributed by atoms with Gasteiger partial charge in [-0.15, -0.1) is 0 Å². The summed E-state index contributed by atoms with van der Waals surface area (Å²) in [5.41, 5.74) is 14.3. The van der Waals surface area contributed by atoms with Crippen LogP contribution in [0.3, 0.4) is 0 Å². The van der Waals surface area contributed by atoms with Gasteiger partial charge < -0.3 is 4.74 Å². The standard InChI is InChI=1S/C13H9N.C13H11N.C12H8F3N.C12H11N.C11H7F2N.C11H9N.2C10H8N2.C9H9NO/c1-2-6-12-10(4-1)7-8-11-5-3-9-14-13(11)12;1-3-7-12(8-4-1)11-14-13-9-5-2-6-10-13;13-12(14,15)10-6-7-16-11(8-10)9-4-2-1-3-5-9;1-10-5-7-11(8-6-10)12-4-2-3-9-13-12;12-9-6-10(14-11(13)7-9)8-4-2-1-3-5-8;1-2-6-10(7-3-1)11-8-4-5-9-12-11;1-2-5-9(6-3-1)10-11-7-4-8-12-10;1-2-4-9(5-3-1)10-8-11-6-7-12-10;1-2-4-8(5-3-1)9-10-6-7-11-9/h1-9H;1-11H;1-8H;2-9H,1H3;1-7H;1-9H;2*1-8H;1-5H,6-7H2. The number of rotatable bonds is 9. The molecule has 0 saturated heterocycles. The van der Waals surface area contributed by atoms with Crippen molar-refractivity contribution < 1.29 is 26.7 Å². The summed E-state index contributed by atoms with van der Waals surface area (Å²) in [5, 5.41) is 3.68. The van der Waals surface area contributed by atoms with E-state index in [9.17, 15) is 22.0 Å². The summed E-state index contributed by atoms with van der Waals surface area (Å²) < 4.78 is 68.3. The molecule has 0 amide bonds. The van der Waals surface area contributed by atoms with Crippen LogP contribution < -0.4 is 0 Å². The molecule has 0 atom stereocenters. The second-order valence-corrected chi connectivity index (χ2v) is 25.5. The highest BCUT2D eigenvalue weighted by Gasteiger charge is 2.30. The van der Waals surface area contributed by atoms with Gasteiger partial charge in [-0.05, 0) is 90.7 Å². The Kier molecular flexibility index (Phi) is 32.6. The lowest BCUT2D eigenvalue weighted by atomic mass is 10.1. The quantitative estimate of drug-likeness (QED) is 0.0591. The van der Waals surface area contributed by atoms with Gasteiger partial charge in [-0.2, -0.15) is 17.6 Å². The van der Waals surface area contributed by atoms with Crippen LogP contribution in [0.1, 0.15) is 22.3 Å². The van der Waals surface area contributed by atoms with Crippen molar-refractivity contribution in [1.82, 2.24) is 44.9 Å². The van der Waals surface area contributed by atoms with Crippen molar-refractivity contribution in [3.63, 3.8) is 0 Å². The Morgan fingerprint density at radius 1 is 0.347 bits per heavy atom. The van der Waals surface area contributed by atoms with Crippen LogP contribution in [0, 0.1) is 18.7 Å². The number of fused-ring (bicyclic) bond motifs is 3. The molecule has 18 aromatic rings. The summed E-state index contributed by atoms with van der Waals surface area (Å²) in [6, 6.07) is 120. The van der Waals surface area contributed by atoms with Gasteiger partial charge in [0.05, 0.1) is 58.0 Å². The molecule has 0 saturated carbocycles. The molecule has 0 radical (unpaired) electrons. The number of aliphatic imine (C=N–C) groups is 2. The first-order chi connectivity index (χ1) is 57.9. The predicted molar refractivity (Wildman–Crippen MR) is 466 cm³/mol. The van der Waals surface area contributed by atoms with E-state index < -0.39 is 23.5 Å². The number of benzene rings is 11. The summed E-state index contributed by atoms with van der Waals surface area (Å²) in [4.78, 5) is 45.5. The summed E-state index contributed by atoms with van der Waals surface area (Å²) in [7, 11) is 0. The van der Waals surface area contributed by atoms with Gasteiger partial charge in [-0.25, -0.2) is 24.3 Å². The summed E-state index contributed by atoms with van der Waals surface area (Å²) in [6.07, 6.45) is 12.8.